The van der Waals surface area contributed by atoms with Crippen molar-refractivity contribution in [1.29, 1.82) is 0 Å². The number of aromatic nitrogens is 1. The third-order valence-electron chi connectivity index (χ3n) is 6.04. The third kappa shape index (κ3) is 4.46. The molecule has 5 nitrogen and oxygen atoms in total. The smallest absolute Gasteiger partial charge is 0.250 e. The summed E-state index contributed by atoms with van der Waals surface area (Å²) in [5, 5.41) is 10.6. The van der Waals surface area contributed by atoms with Crippen LogP contribution in [0.4, 0.5) is 0 Å². The molecule has 5 heteroatoms. The minimum atomic E-state index is -0.551. The fourth-order valence-corrected chi connectivity index (χ4v) is 4.85. The van der Waals surface area contributed by atoms with Gasteiger partial charge in [0.15, 0.2) is 0 Å². The van der Waals surface area contributed by atoms with Crippen molar-refractivity contribution in [2.75, 3.05) is 26.2 Å². The number of ether oxygens (including phenoxy) is 1. The van der Waals surface area contributed by atoms with Gasteiger partial charge in [-0.3, -0.25) is 9.69 Å². The fourth-order valence-electron chi connectivity index (χ4n) is 4.85. The average Bonchev–Trinajstić information content (AvgIpc) is 2.68. The predicted octanol–water partition coefficient (Wildman–Crippen LogP) is 2.74. The van der Waals surface area contributed by atoms with E-state index >= 15 is 0 Å². The molecule has 2 aromatic rings. The second-order valence-corrected chi connectivity index (χ2v) is 8.49. The molecule has 0 aliphatic carbocycles. The molecule has 2 aliphatic rings. The van der Waals surface area contributed by atoms with Crippen LogP contribution >= 0.6 is 0 Å². The summed E-state index contributed by atoms with van der Waals surface area (Å²) in [6.07, 6.45) is 3.19. The van der Waals surface area contributed by atoms with Crippen molar-refractivity contribution in [3.05, 3.63) is 76.2 Å². The number of aliphatic hydroxyl groups excluding tert-OH is 1. The first-order chi connectivity index (χ1) is 14.0. The first kappa shape index (κ1) is 19.9. The van der Waals surface area contributed by atoms with Crippen LogP contribution < -0.4 is 10.3 Å². The van der Waals surface area contributed by atoms with Crippen molar-refractivity contribution in [3.8, 4) is 5.75 Å². The van der Waals surface area contributed by atoms with Gasteiger partial charge in [-0.15, -0.1) is 6.58 Å². The van der Waals surface area contributed by atoms with Crippen molar-refractivity contribution >= 4 is 0 Å². The number of pyridine rings is 1. The van der Waals surface area contributed by atoms with E-state index in [1.165, 1.54) is 5.56 Å². The van der Waals surface area contributed by atoms with Crippen LogP contribution in [0.25, 0.3) is 0 Å². The molecule has 4 rings (SSSR count). The summed E-state index contributed by atoms with van der Waals surface area (Å²) in [4.78, 5) is 14.5. The maximum absolute atomic E-state index is 12.2. The summed E-state index contributed by atoms with van der Waals surface area (Å²) >= 11 is 0. The van der Waals surface area contributed by atoms with Crippen LogP contribution in [0.15, 0.2) is 53.8 Å². The molecule has 2 bridgehead atoms. The van der Waals surface area contributed by atoms with Crippen LogP contribution in [0.5, 0.6) is 5.75 Å². The SMILES string of the molecule is C=CCc1cc(C)ccc1OC[C@H](O)CN1C[C@@H]2C[C@H](C1)c1cccc(=O)n1C2. The van der Waals surface area contributed by atoms with E-state index in [0.717, 1.165) is 49.5 Å². The van der Waals surface area contributed by atoms with Crippen molar-refractivity contribution in [3.63, 3.8) is 0 Å². The average molecular weight is 395 g/mol. The van der Waals surface area contributed by atoms with Crippen LogP contribution in [-0.2, 0) is 13.0 Å². The lowest BCUT2D eigenvalue weighted by atomic mass is 9.83. The quantitative estimate of drug-likeness (QED) is 0.734. The lowest BCUT2D eigenvalue weighted by Crippen LogP contribution is -2.49. The van der Waals surface area contributed by atoms with Gasteiger partial charge in [0.25, 0.3) is 5.56 Å². The van der Waals surface area contributed by atoms with E-state index in [4.69, 9.17) is 4.74 Å². The van der Waals surface area contributed by atoms with Crippen LogP contribution in [0.1, 0.15) is 29.2 Å². The molecule has 1 saturated heterocycles. The molecule has 0 unspecified atom stereocenters. The largest absolute Gasteiger partial charge is 0.491 e. The molecule has 3 heterocycles. The van der Waals surface area contributed by atoms with E-state index in [1.807, 2.05) is 28.8 Å². The van der Waals surface area contributed by atoms with Gasteiger partial charge in [-0.25, -0.2) is 0 Å². The zero-order valence-corrected chi connectivity index (χ0v) is 17.1. The Hall–Kier alpha value is -2.37. The lowest BCUT2D eigenvalue weighted by molar-refractivity contribution is 0.0382. The zero-order chi connectivity index (χ0) is 20.4. The molecular weight excluding hydrogens is 364 g/mol. The molecule has 154 valence electrons. The molecule has 1 aromatic heterocycles. The second kappa shape index (κ2) is 8.56. The van der Waals surface area contributed by atoms with E-state index in [2.05, 4.69) is 30.5 Å². The highest BCUT2D eigenvalue weighted by atomic mass is 16.5. The van der Waals surface area contributed by atoms with E-state index in [0.29, 0.717) is 18.4 Å². The second-order valence-electron chi connectivity index (χ2n) is 8.49. The summed E-state index contributed by atoms with van der Waals surface area (Å²) in [7, 11) is 0. The van der Waals surface area contributed by atoms with Gasteiger partial charge in [0, 0.05) is 43.9 Å². The van der Waals surface area contributed by atoms with Gasteiger partial charge in [-0.2, -0.15) is 0 Å². The standard InChI is InChI=1S/C24H30N2O3/c1-3-5-19-10-17(2)8-9-23(19)29-16-21(27)15-25-12-18-11-20(14-25)22-6-4-7-24(28)26(22)13-18/h3-4,6-10,18,20-21,27H,1,5,11-16H2,2H3/t18-,20+,21+/m0/s1. The lowest BCUT2D eigenvalue weighted by Gasteiger charge is -2.43. The first-order valence-corrected chi connectivity index (χ1v) is 10.5. The number of aryl methyl sites for hydroxylation is 1. The van der Waals surface area contributed by atoms with Crippen molar-refractivity contribution in [2.45, 2.75) is 38.3 Å². The Morgan fingerprint density at radius 1 is 1.28 bits per heavy atom. The molecule has 0 saturated carbocycles. The van der Waals surface area contributed by atoms with Gasteiger partial charge < -0.3 is 14.4 Å². The predicted molar refractivity (Wildman–Crippen MR) is 115 cm³/mol. The van der Waals surface area contributed by atoms with Gasteiger partial charge in [0.1, 0.15) is 18.5 Å². The number of fused-ring (bicyclic) bond motifs is 4. The van der Waals surface area contributed by atoms with Crippen molar-refractivity contribution in [2.24, 2.45) is 5.92 Å². The van der Waals surface area contributed by atoms with Gasteiger partial charge in [0.05, 0.1) is 0 Å². The maximum atomic E-state index is 12.2. The molecule has 2 aliphatic heterocycles. The molecule has 0 radical (unpaired) electrons. The number of aliphatic hydroxyl groups is 1. The fraction of sp³-hybridized carbons (Fsp3) is 0.458. The minimum Gasteiger partial charge on any atom is -0.491 e. The molecule has 0 spiro atoms. The summed E-state index contributed by atoms with van der Waals surface area (Å²) in [6, 6.07) is 11.7. The number of allylic oxidation sites excluding steroid dienone is 1. The minimum absolute atomic E-state index is 0.104. The van der Waals surface area contributed by atoms with E-state index in [1.54, 1.807) is 6.07 Å². The maximum Gasteiger partial charge on any atom is 0.250 e. The molecule has 1 N–H and O–H groups in total. The van der Waals surface area contributed by atoms with E-state index in [9.17, 15) is 9.90 Å². The number of benzene rings is 1. The molecule has 0 amide bonds. The normalized spacial score (nSPS) is 22.0. The topological polar surface area (TPSA) is 54.7 Å². The summed E-state index contributed by atoms with van der Waals surface area (Å²) < 4.78 is 7.88. The van der Waals surface area contributed by atoms with Gasteiger partial charge in [-0.05, 0) is 43.4 Å². The Balaban J connectivity index is 1.36. The van der Waals surface area contributed by atoms with Crippen LogP contribution in [0.2, 0.25) is 0 Å². The number of likely N-dealkylation sites (tertiary alicyclic amines) is 1. The highest BCUT2D eigenvalue weighted by Gasteiger charge is 2.34. The van der Waals surface area contributed by atoms with Crippen molar-refractivity contribution in [1.82, 2.24) is 9.47 Å². The van der Waals surface area contributed by atoms with Gasteiger partial charge in [-0.1, -0.05) is 29.8 Å². The molecule has 3 atom stereocenters. The Bertz CT molecular complexity index is 936. The number of nitrogens with zero attached hydrogens (tertiary/aromatic N) is 2. The third-order valence-corrected chi connectivity index (χ3v) is 6.04. The highest BCUT2D eigenvalue weighted by molar-refractivity contribution is 5.38. The Kier molecular flexibility index (Phi) is 5.88. The van der Waals surface area contributed by atoms with E-state index < -0.39 is 6.10 Å². The number of hydrogen-bond acceptors (Lipinski definition) is 4. The van der Waals surface area contributed by atoms with E-state index in [-0.39, 0.29) is 12.2 Å². The van der Waals surface area contributed by atoms with Crippen molar-refractivity contribution < 1.29 is 9.84 Å². The molecular formula is C24H30N2O3. The molecule has 1 aromatic carbocycles. The molecule has 29 heavy (non-hydrogen) atoms. The summed E-state index contributed by atoms with van der Waals surface area (Å²) in [6.45, 7) is 9.31. The van der Waals surface area contributed by atoms with Gasteiger partial charge in [0.2, 0.25) is 0 Å². The van der Waals surface area contributed by atoms with Gasteiger partial charge >= 0.3 is 0 Å². The van der Waals surface area contributed by atoms with Crippen LogP contribution in [-0.4, -0.2) is 46.9 Å². The Morgan fingerprint density at radius 2 is 2.14 bits per heavy atom. The first-order valence-electron chi connectivity index (χ1n) is 10.5. The molecule has 1 fully saturated rings. The van der Waals surface area contributed by atoms with Crippen LogP contribution in [0, 0.1) is 12.8 Å². The number of rotatable bonds is 7. The highest BCUT2D eigenvalue weighted by Crippen LogP contribution is 2.34. The van der Waals surface area contributed by atoms with Crippen LogP contribution in [0.3, 0.4) is 0 Å². The number of piperidine rings is 1. The number of hydrogen-bond donors (Lipinski definition) is 1. The zero-order valence-electron chi connectivity index (χ0n) is 17.1. The summed E-state index contributed by atoms with van der Waals surface area (Å²) in [5.74, 6) is 1.64. The number of β-amino-alcohol motifs (C(OH)–C–C–N with tert-alkyl or cyclic N) is 1. The Labute approximate surface area is 172 Å². The monoisotopic (exact) mass is 394 g/mol. The Morgan fingerprint density at radius 3 is 2.97 bits per heavy atom. The summed E-state index contributed by atoms with van der Waals surface area (Å²) in [5.41, 5.74) is 3.53.